The second-order valence-corrected chi connectivity index (χ2v) is 2.14. The Hall–Kier alpha value is -1.39. The molecule has 0 aliphatic heterocycles. The Morgan fingerprint density at radius 3 is 2.47 bits per heavy atom. The first-order valence-corrected chi connectivity index (χ1v) is 4.71. The van der Waals surface area contributed by atoms with Crippen LogP contribution in [-0.2, 0) is 14.4 Å². The van der Waals surface area contributed by atoms with Crippen molar-refractivity contribution in [3.05, 3.63) is 36.6 Å². The van der Waals surface area contributed by atoms with Crippen molar-refractivity contribution < 1.29 is 14.4 Å². The molecule has 0 bridgehead atoms. The second-order valence-electron chi connectivity index (χ2n) is 2.14. The van der Waals surface area contributed by atoms with Crippen molar-refractivity contribution in [1.82, 2.24) is 0 Å². The molecule has 4 heteroatoms. The zero-order chi connectivity index (χ0) is 12.1. The smallest absolute Gasteiger partial charge is 0.339 e. The number of carbonyl (C=O) groups excluding carboxylic acids is 1. The average molecular weight is 213 g/mol. The molecule has 0 saturated carbocycles. The molecular weight excluding hydrogens is 194 g/mol. The van der Waals surface area contributed by atoms with E-state index in [-0.39, 0.29) is 12.4 Å². The molecule has 2 N–H and O–H groups in total. The van der Waals surface area contributed by atoms with Crippen molar-refractivity contribution in [3.63, 3.8) is 0 Å². The van der Waals surface area contributed by atoms with Gasteiger partial charge in [-0.25, -0.2) is 10.7 Å². The summed E-state index contributed by atoms with van der Waals surface area (Å²) in [5.74, 6) is 4.35. The summed E-state index contributed by atoms with van der Waals surface area (Å²) in [7, 11) is 0. The van der Waals surface area contributed by atoms with Gasteiger partial charge in [0, 0.05) is 0 Å². The first-order valence-electron chi connectivity index (χ1n) is 4.71. The van der Waals surface area contributed by atoms with Gasteiger partial charge in [0.25, 0.3) is 0 Å². The summed E-state index contributed by atoms with van der Waals surface area (Å²) < 4.78 is 4.68. The molecular formula is C11H19NO3. The third-order valence-electron chi connectivity index (χ3n) is 1.03. The van der Waals surface area contributed by atoms with E-state index in [1.54, 1.807) is 18.2 Å². The lowest BCUT2D eigenvalue weighted by atomic mass is 10.4. The fourth-order valence-corrected chi connectivity index (χ4v) is 0.552. The predicted octanol–water partition coefficient (Wildman–Crippen LogP) is 2.09. The molecule has 15 heavy (non-hydrogen) atoms. The van der Waals surface area contributed by atoms with E-state index in [2.05, 4.69) is 22.1 Å². The lowest BCUT2D eigenvalue weighted by molar-refractivity contribution is -0.144. The summed E-state index contributed by atoms with van der Waals surface area (Å²) in [6.07, 6.45) is 6.90. The highest BCUT2D eigenvalue weighted by Gasteiger charge is 2.01. The van der Waals surface area contributed by atoms with E-state index in [9.17, 15) is 4.79 Å². The van der Waals surface area contributed by atoms with Gasteiger partial charge in [-0.1, -0.05) is 38.7 Å². The molecule has 0 saturated heterocycles. The number of nitrogens with two attached hydrogens (primary N) is 1. The molecule has 0 rings (SSSR count). The fourth-order valence-electron chi connectivity index (χ4n) is 0.552. The van der Waals surface area contributed by atoms with Gasteiger partial charge < -0.3 is 4.74 Å². The van der Waals surface area contributed by atoms with Crippen LogP contribution in [0.4, 0.5) is 0 Å². The Kier molecular flexibility index (Phi) is 13.5. The first kappa shape index (κ1) is 16.1. The number of allylic oxidation sites excluding steroid dienone is 4. The van der Waals surface area contributed by atoms with E-state index < -0.39 is 5.97 Å². The molecule has 0 fully saturated rings. The third-order valence-corrected chi connectivity index (χ3v) is 1.03. The van der Waals surface area contributed by atoms with E-state index in [1.165, 1.54) is 0 Å². The topological polar surface area (TPSA) is 61.5 Å². The van der Waals surface area contributed by atoms with Gasteiger partial charge in [-0.2, -0.15) is 0 Å². The lowest BCUT2D eigenvalue weighted by Gasteiger charge is -2.00. The van der Waals surface area contributed by atoms with Crippen LogP contribution in [0.25, 0.3) is 0 Å². The minimum Gasteiger partial charge on any atom is -0.425 e. The monoisotopic (exact) mass is 213 g/mol. The quantitative estimate of drug-likeness (QED) is 0.329. The van der Waals surface area contributed by atoms with Crippen LogP contribution in [0.1, 0.15) is 20.8 Å². The van der Waals surface area contributed by atoms with Gasteiger partial charge in [-0.05, 0) is 13.0 Å². The van der Waals surface area contributed by atoms with Crippen LogP contribution >= 0.6 is 0 Å². The fraction of sp³-hybridized carbons (Fsp3) is 0.364. The van der Waals surface area contributed by atoms with Crippen molar-refractivity contribution in [2.24, 2.45) is 5.90 Å². The number of hydrogen-bond acceptors (Lipinski definition) is 4. The van der Waals surface area contributed by atoms with Crippen LogP contribution in [0.15, 0.2) is 36.6 Å². The van der Waals surface area contributed by atoms with Crippen LogP contribution in [0, 0.1) is 0 Å². The molecule has 0 aromatic carbocycles. The maximum absolute atomic E-state index is 10.7. The number of rotatable bonds is 5. The summed E-state index contributed by atoms with van der Waals surface area (Å²) in [5.41, 5.74) is 0. The Morgan fingerprint density at radius 2 is 2.00 bits per heavy atom. The standard InChI is InChI=1S/C9H13NO3.C2H6/c1-3-4-5-6-8(2)13-9(11)7-12-10;1-2/h3-6H,2,7,10H2,1H3;1-2H3/b4-3-,6-5-;. The minimum atomic E-state index is -0.572. The summed E-state index contributed by atoms with van der Waals surface area (Å²) in [6, 6.07) is 0. The van der Waals surface area contributed by atoms with E-state index in [1.807, 2.05) is 26.8 Å². The largest absolute Gasteiger partial charge is 0.425 e. The highest BCUT2D eigenvalue weighted by molar-refractivity contribution is 5.72. The second kappa shape index (κ2) is 12.6. The van der Waals surface area contributed by atoms with Gasteiger partial charge in [0.1, 0.15) is 5.76 Å². The van der Waals surface area contributed by atoms with Crippen LogP contribution in [-0.4, -0.2) is 12.6 Å². The number of hydrogen-bond donors (Lipinski definition) is 1. The average Bonchev–Trinajstić information content (AvgIpc) is 2.21. The summed E-state index contributed by atoms with van der Waals surface area (Å²) >= 11 is 0. The van der Waals surface area contributed by atoms with Gasteiger partial charge >= 0.3 is 5.97 Å². The highest BCUT2D eigenvalue weighted by Crippen LogP contribution is 1.96. The Labute approximate surface area is 91.0 Å². The minimum absolute atomic E-state index is 0.250. The molecule has 0 aromatic rings. The molecule has 0 aliphatic rings. The van der Waals surface area contributed by atoms with Gasteiger partial charge in [0.05, 0.1) is 0 Å². The molecule has 0 aromatic heterocycles. The van der Waals surface area contributed by atoms with Crippen molar-refractivity contribution in [2.45, 2.75) is 20.8 Å². The van der Waals surface area contributed by atoms with Crippen LogP contribution in [0.5, 0.6) is 0 Å². The van der Waals surface area contributed by atoms with E-state index in [0.29, 0.717) is 0 Å². The predicted molar refractivity (Wildman–Crippen MR) is 60.7 cm³/mol. The Bertz CT molecular complexity index is 232. The lowest BCUT2D eigenvalue weighted by Crippen LogP contribution is -2.14. The summed E-state index contributed by atoms with van der Waals surface area (Å²) in [6.45, 7) is 9.08. The number of carbonyl (C=O) groups is 1. The van der Waals surface area contributed by atoms with Crippen molar-refractivity contribution in [3.8, 4) is 0 Å². The van der Waals surface area contributed by atoms with Crippen LogP contribution in [0.3, 0.4) is 0 Å². The number of ether oxygens (including phenoxy) is 1. The third kappa shape index (κ3) is 12.6. The van der Waals surface area contributed by atoms with Gasteiger partial charge in [-0.3, -0.25) is 4.84 Å². The molecule has 0 unspecified atom stereocenters. The zero-order valence-corrected chi connectivity index (χ0v) is 9.53. The molecule has 0 aliphatic carbocycles. The molecule has 86 valence electrons. The Balaban J connectivity index is 0. The van der Waals surface area contributed by atoms with Crippen LogP contribution in [0.2, 0.25) is 0 Å². The van der Waals surface area contributed by atoms with E-state index >= 15 is 0 Å². The van der Waals surface area contributed by atoms with E-state index in [0.717, 1.165) is 0 Å². The maximum Gasteiger partial charge on any atom is 0.339 e. The molecule has 0 spiro atoms. The zero-order valence-electron chi connectivity index (χ0n) is 9.53. The summed E-state index contributed by atoms with van der Waals surface area (Å²) in [4.78, 5) is 14.8. The SMILES string of the molecule is C=C(/C=C\C=C/C)OC(=O)CON.CC. The van der Waals surface area contributed by atoms with Gasteiger partial charge in [0.15, 0.2) is 6.61 Å². The van der Waals surface area contributed by atoms with Crippen molar-refractivity contribution >= 4 is 5.97 Å². The molecule has 0 radical (unpaired) electrons. The van der Waals surface area contributed by atoms with Gasteiger partial charge in [0.2, 0.25) is 0 Å². The highest BCUT2D eigenvalue weighted by atomic mass is 16.6. The molecule has 0 amide bonds. The summed E-state index contributed by atoms with van der Waals surface area (Å²) in [5, 5.41) is 0. The molecule has 4 nitrogen and oxygen atoms in total. The normalized spacial score (nSPS) is 9.87. The van der Waals surface area contributed by atoms with Crippen molar-refractivity contribution in [2.75, 3.05) is 6.61 Å². The molecule has 0 heterocycles. The Morgan fingerprint density at radius 1 is 1.40 bits per heavy atom. The maximum atomic E-state index is 10.7. The molecule has 0 atom stereocenters. The van der Waals surface area contributed by atoms with Crippen LogP contribution < -0.4 is 5.90 Å². The van der Waals surface area contributed by atoms with E-state index in [4.69, 9.17) is 0 Å². The first-order chi connectivity index (χ1) is 7.20. The number of esters is 1. The van der Waals surface area contributed by atoms with Crippen molar-refractivity contribution in [1.29, 1.82) is 0 Å². The van der Waals surface area contributed by atoms with Gasteiger partial charge in [-0.15, -0.1) is 0 Å².